The molecule has 0 aliphatic heterocycles. The first kappa shape index (κ1) is 25.5. The fraction of sp³-hybridized carbons (Fsp3) is 0.360. The minimum Gasteiger partial charge on any atom is -0.488 e. The zero-order valence-electron chi connectivity index (χ0n) is 19.1. The molecule has 1 atom stereocenters. The fourth-order valence-corrected chi connectivity index (χ4v) is 4.89. The molecular formula is C25H27Cl2NO4S. The Morgan fingerprint density at radius 2 is 1.88 bits per heavy atom. The monoisotopic (exact) mass is 507 g/mol. The van der Waals surface area contributed by atoms with Gasteiger partial charge in [-0.05, 0) is 69.2 Å². The number of nitrogens with zero attached hydrogens (tertiary/aromatic N) is 1. The lowest BCUT2D eigenvalue weighted by Gasteiger charge is -2.17. The molecule has 1 aromatic heterocycles. The van der Waals surface area contributed by atoms with Crippen molar-refractivity contribution in [1.29, 1.82) is 0 Å². The van der Waals surface area contributed by atoms with E-state index in [0.717, 1.165) is 38.0 Å². The summed E-state index contributed by atoms with van der Waals surface area (Å²) in [4.78, 5) is 17.8. The molecule has 0 N–H and O–H groups in total. The molecule has 1 unspecified atom stereocenters. The van der Waals surface area contributed by atoms with Crippen molar-refractivity contribution in [2.75, 3.05) is 13.2 Å². The third-order valence-corrected chi connectivity index (χ3v) is 6.77. The van der Waals surface area contributed by atoms with Gasteiger partial charge in [0.05, 0.1) is 22.2 Å². The Bertz CT molecular complexity index is 1120. The number of esters is 1. The Balaban J connectivity index is 1.68. The van der Waals surface area contributed by atoms with Gasteiger partial charge in [0, 0.05) is 23.6 Å². The predicted octanol–water partition coefficient (Wildman–Crippen LogP) is 6.82. The molecule has 3 rings (SSSR count). The lowest BCUT2D eigenvalue weighted by Crippen LogP contribution is -2.29. The summed E-state index contributed by atoms with van der Waals surface area (Å²) in [5.41, 5.74) is 3.80. The number of aromatic nitrogens is 1. The van der Waals surface area contributed by atoms with E-state index >= 15 is 0 Å². The maximum atomic E-state index is 12.2. The summed E-state index contributed by atoms with van der Waals surface area (Å²) >= 11 is 13.9. The average molecular weight is 508 g/mol. The summed E-state index contributed by atoms with van der Waals surface area (Å²) in [6.07, 6.45) is -0.156. The number of hydrogen-bond donors (Lipinski definition) is 0. The Morgan fingerprint density at radius 3 is 2.55 bits per heavy atom. The highest BCUT2D eigenvalue weighted by atomic mass is 35.5. The van der Waals surface area contributed by atoms with Crippen LogP contribution in [0, 0.1) is 13.8 Å². The van der Waals surface area contributed by atoms with Crippen molar-refractivity contribution in [3.05, 3.63) is 68.1 Å². The topological polar surface area (TPSA) is 57.7 Å². The van der Waals surface area contributed by atoms with Crippen molar-refractivity contribution in [3.63, 3.8) is 0 Å². The normalized spacial score (nSPS) is 11.9. The summed E-state index contributed by atoms with van der Waals surface area (Å²) in [5.74, 6) is 0.413. The number of ether oxygens (including phenoxy) is 3. The minimum atomic E-state index is -0.613. The van der Waals surface area contributed by atoms with Gasteiger partial charge < -0.3 is 14.2 Å². The largest absolute Gasteiger partial charge is 0.488 e. The summed E-state index contributed by atoms with van der Waals surface area (Å²) < 4.78 is 16.8. The Labute approximate surface area is 208 Å². The van der Waals surface area contributed by atoms with E-state index in [0.29, 0.717) is 36.3 Å². The van der Waals surface area contributed by atoms with E-state index in [1.165, 1.54) is 0 Å². The first-order chi connectivity index (χ1) is 15.8. The van der Waals surface area contributed by atoms with Gasteiger partial charge in [0.25, 0.3) is 0 Å². The van der Waals surface area contributed by atoms with E-state index in [2.05, 4.69) is 4.98 Å². The molecule has 3 aromatic rings. The molecule has 8 heteroatoms. The van der Waals surface area contributed by atoms with Crippen molar-refractivity contribution in [3.8, 4) is 16.3 Å². The summed E-state index contributed by atoms with van der Waals surface area (Å²) in [6.45, 7) is 8.78. The van der Waals surface area contributed by atoms with E-state index in [4.69, 9.17) is 37.4 Å². The minimum absolute atomic E-state index is 0.330. The van der Waals surface area contributed by atoms with Gasteiger partial charge in [0.1, 0.15) is 17.4 Å². The number of aryl methyl sites for hydroxylation is 2. The molecule has 0 aliphatic carbocycles. The maximum absolute atomic E-state index is 12.2. The molecule has 0 saturated heterocycles. The molecule has 1 heterocycles. The van der Waals surface area contributed by atoms with Crippen LogP contribution in [0.3, 0.4) is 0 Å². The van der Waals surface area contributed by atoms with Gasteiger partial charge in [-0.3, -0.25) is 0 Å². The zero-order valence-corrected chi connectivity index (χ0v) is 21.4. The van der Waals surface area contributed by atoms with Crippen LogP contribution in [0.2, 0.25) is 10.0 Å². The zero-order chi connectivity index (χ0) is 24.0. The Morgan fingerprint density at radius 1 is 1.09 bits per heavy atom. The number of benzene rings is 2. The Hall–Kier alpha value is -2.12. The van der Waals surface area contributed by atoms with Crippen molar-refractivity contribution in [2.45, 2.75) is 46.8 Å². The maximum Gasteiger partial charge on any atom is 0.335 e. The van der Waals surface area contributed by atoms with Gasteiger partial charge in [0.2, 0.25) is 0 Å². The molecule has 0 spiro atoms. The van der Waals surface area contributed by atoms with E-state index in [1.807, 2.05) is 45.0 Å². The predicted molar refractivity (Wildman–Crippen MR) is 134 cm³/mol. The Kier molecular flexibility index (Phi) is 9.15. The molecule has 33 heavy (non-hydrogen) atoms. The summed E-state index contributed by atoms with van der Waals surface area (Å²) in [7, 11) is 0. The van der Waals surface area contributed by atoms with Crippen LogP contribution in [0.4, 0.5) is 0 Å². The molecule has 0 aliphatic rings. The van der Waals surface area contributed by atoms with Crippen LogP contribution >= 0.6 is 34.5 Å². The molecule has 5 nitrogen and oxygen atoms in total. The molecule has 0 saturated carbocycles. The number of carbonyl (C=O) groups excluding carboxylic acids is 1. The van der Waals surface area contributed by atoms with E-state index in [1.54, 1.807) is 30.4 Å². The average Bonchev–Trinajstić information content (AvgIpc) is 3.13. The highest BCUT2D eigenvalue weighted by molar-refractivity contribution is 7.15. The van der Waals surface area contributed by atoms with E-state index in [-0.39, 0.29) is 5.97 Å². The van der Waals surface area contributed by atoms with Crippen LogP contribution in [-0.2, 0) is 27.3 Å². The van der Waals surface area contributed by atoms with Crippen molar-refractivity contribution >= 4 is 40.5 Å². The van der Waals surface area contributed by atoms with Crippen molar-refractivity contribution in [1.82, 2.24) is 4.98 Å². The third-order valence-electron chi connectivity index (χ3n) is 5.06. The van der Waals surface area contributed by atoms with Gasteiger partial charge in [-0.2, -0.15) is 0 Å². The second kappa shape index (κ2) is 11.8. The van der Waals surface area contributed by atoms with Crippen LogP contribution in [-0.4, -0.2) is 30.3 Å². The second-order valence-electron chi connectivity index (χ2n) is 7.43. The number of halogens is 2. The van der Waals surface area contributed by atoms with Crippen molar-refractivity contribution in [2.24, 2.45) is 0 Å². The molecular weight excluding hydrogens is 481 g/mol. The standard InChI is InChI=1S/C25H27Cl2NO4S/c1-5-30-22(25(29)31-6-2)12-17-7-9-19(11-15(17)3)32-14-23-16(4)28-24(33-23)20-10-8-18(26)13-21(20)27/h7-11,13,22H,5-6,12,14H2,1-4H3. The summed E-state index contributed by atoms with van der Waals surface area (Å²) in [6, 6.07) is 11.2. The smallest absolute Gasteiger partial charge is 0.335 e. The van der Waals surface area contributed by atoms with Gasteiger partial charge in [-0.15, -0.1) is 11.3 Å². The third kappa shape index (κ3) is 6.70. The molecule has 2 aromatic carbocycles. The molecule has 0 radical (unpaired) electrons. The second-order valence-corrected chi connectivity index (χ2v) is 9.36. The van der Waals surface area contributed by atoms with Crippen molar-refractivity contribution < 1.29 is 19.0 Å². The number of carbonyl (C=O) groups is 1. The highest BCUT2D eigenvalue weighted by Gasteiger charge is 2.21. The van der Waals surface area contributed by atoms with Gasteiger partial charge in [-0.1, -0.05) is 29.3 Å². The highest BCUT2D eigenvalue weighted by Crippen LogP contribution is 2.35. The number of thiazole rings is 1. The quantitative estimate of drug-likeness (QED) is 0.281. The molecule has 176 valence electrons. The van der Waals surface area contributed by atoms with Crippen LogP contribution in [0.15, 0.2) is 36.4 Å². The van der Waals surface area contributed by atoms with Crippen LogP contribution in [0.5, 0.6) is 5.75 Å². The van der Waals surface area contributed by atoms with Crippen LogP contribution in [0.25, 0.3) is 10.6 Å². The van der Waals surface area contributed by atoms with Gasteiger partial charge in [-0.25, -0.2) is 9.78 Å². The first-order valence-corrected chi connectivity index (χ1v) is 12.3. The molecule has 0 fully saturated rings. The summed E-state index contributed by atoms with van der Waals surface area (Å²) in [5, 5.41) is 2.00. The first-order valence-electron chi connectivity index (χ1n) is 10.7. The van der Waals surface area contributed by atoms with E-state index in [9.17, 15) is 4.79 Å². The lowest BCUT2D eigenvalue weighted by molar-refractivity contribution is -0.156. The van der Waals surface area contributed by atoms with Gasteiger partial charge >= 0.3 is 5.97 Å². The molecule has 0 bridgehead atoms. The molecule has 0 amide bonds. The number of hydrogen-bond acceptors (Lipinski definition) is 6. The van der Waals surface area contributed by atoms with E-state index < -0.39 is 6.10 Å². The lowest BCUT2D eigenvalue weighted by atomic mass is 10.0. The van der Waals surface area contributed by atoms with Crippen LogP contribution in [0.1, 0.15) is 35.5 Å². The van der Waals surface area contributed by atoms with Crippen LogP contribution < -0.4 is 4.74 Å². The fourth-order valence-electron chi connectivity index (χ4n) is 3.32. The number of rotatable bonds is 10. The van der Waals surface area contributed by atoms with Gasteiger partial charge in [0.15, 0.2) is 6.10 Å². The SMILES string of the molecule is CCOC(=O)C(Cc1ccc(OCc2sc(-c3ccc(Cl)cc3Cl)nc2C)cc1C)OCC.